The Balaban J connectivity index is 1.79. The molecule has 94 valence electrons. The second kappa shape index (κ2) is 4.82. The van der Waals surface area contributed by atoms with Crippen LogP contribution in [0.2, 0.25) is 0 Å². The Morgan fingerprint density at radius 1 is 1.28 bits per heavy atom. The third-order valence-electron chi connectivity index (χ3n) is 3.70. The van der Waals surface area contributed by atoms with Gasteiger partial charge in [-0.3, -0.25) is 0 Å². The minimum atomic E-state index is 0.395. The van der Waals surface area contributed by atoms with Gasteiger partial charge in [0.05, 0.1) is 10.7 Å². The van der Waals surface area contributed by atoms with Crippen LogP contribution in [0.1, 0.15) is 36.3 Å². The van der Waals surface area contributed by atoms with Crippen LogP contribution in [-0.4, -0.2) is 11.0 Å². The first-order valence-corrected chi connectivity index (χ1v) is 7.44. The number of aromatic nitrogens is 1. The molecule has 3 rings (SSSR count). The fourth-order valence-corrected chi connectivity index (χ4v) is 3.34. The Hall–Kier alpha value is -1.19. The molecule has 3 heteroatoms. The summed E-state index contributed by atoms with van der Waals surface area (Å²) in [4.78, 5) is 4.76. The number of thiazole rings is 1. The molecule has 0 bridgehead atoms. The van der Waals surface area contributed by atoms with Gasteiger partial charge in [-0.15, -0.1) is 11.3 Å². The van der Waals surface area contributed by atoms with Crippen molar-refractivity contribution in [3.63, 3.8) is 0 Å². The maximum absolute atomic E-state index is 5.83. The second-order valence-electron chi connectivity index (χ2n) is 5.05. The lowest BCUT2D eigenvalue weighted by molar-refractivity contribution is 0.351. The summed E-state index contributed by atoms with van der Waals surface area (Å²) in [7, 11) is 0. The van der Waals surface area contributed by atoms with Crippen molar-refractivity contribution in [2.24, 2.45) is 5.73 Å². The fraction of sp³-hybridized carbons (Fsp3) is 0.400. The van der Waals surface area contributed by atoms with Gasteiger partial charge in [0.1, 0.15) is 0 Å². The average Bonchev–Trinajstić information content (AvgIpc) is 2.84. The highest BCUT2D eigenvalue weighted by atomic mass is 32.1. The van der Waals surface area contributed by atoms with E-state index in [1.54, 1.807) is 11.3 Å². The molecule has 0 aliphatic heterocycles. The fourth-order valence-electron chi connectivity index (χ4n) is 2.38. The first-order valence-electron chi connectivity index (χ1n) is 6.56. The molecule has 1 saturated carbocycles. The molecule has 1 aliphatic rings. The summed E-state index contributed by atoms with van der Waals surface area (Å²) in [5, 5.41) is 3.42. The lowest BCUT2D eigenvalue weighted by Crippen LogP contribution is -2.34. The molecule has 1 fully saturated rings. The van der Waals surface area contributed by atoms with E-state index in [-0.39, 0.29) is 0 Å². The highest BCUT2D eigenvalue weighted by Crippen LogP contribution is 2.38. The van der Waals surface area contributed by atoms with Crippen LogP contribution in [0.3, 0.4) is 0 Å². The molecule has 1 aromatic heterocycles. The van der Waals surface area contributed by atoms with Crippen molar-refractivity contribution in [2.75, 3.05) is 0 Å². The van der Waals surface area contributed by atoms with Crippen molar-refractivity contribution in [2.45, 2.75) is 38.1 Å². The highest BCUT2D eigenvalue weighted by Gasteiger charge is 2.29. The van der Waals surface area contributed by atoms with E-state index in [1.807, 2.05) is 0 Å². The number of aryl methyl sites for hydroxylation is 1. The zero-order chi connectivity index (χ0) is 12.5. The van der Waals surface area contributed by atoms with Crippen LogP contribution >= 0.6 is 11.3 Å². The molecular weight excluding hydrogens is 240 g/mol. The Bertz CT molecular complexity index is 524. The monoisotopic (exact) mass is 258 g/mol. The second-order valence-corrected chi connectivity index (χ2v) is 5.94. The summed E-state index contributed by atoms with van der Waals surface area (Å²) in [6.07, 6.45) is 3.28. The predicted octanol–water partition coefficient (Wildman–Crippen LogP) is 3.58. The van der Waals surface area contributed by atoms with Crippen LogP contribution < -0.4 is 5.73 Å². The summed E-state index contributed by atoms with van der Waals surface area (Å²) in [6, 6.07) is 9.11. The SMILES string of the molecule is CCc1ccc(-c2csc(C3CC(N)C3)n2)cc1. The largest absolute Gasteiger partial charge is 0.328 e. The molecule has 1 aromatic carbocycles. The Labute approximate surface area is 112 Å². The van der Waals surface area contributed by atoms with Gasteiger partial charge in [-0.2, -0.15) is 0 Å². The van der Waals surface area contributed by atoms with Gasteiger partial charge in [0.2, 0.25) is 0 Å². The van der Waals surface area contributed by atoms with Gasteiger partial charge in [0, 0.05) is 22.9 Å². The minimum absolute atomic E-state index is 0.395. The third kappa shape index (κ3) is 2.20. The summed E-state index contributed by atoms with van der Waals surface area (Å²) < 4.78 is 0. The van der Waals surface area contributed by atoms with E-state index in [9.17, 15) is 0 Å². The van der Waals surface area contributed by atoms with Crippen molar-refractivity contribution in [3.05, 3.63) is 40.2 Å². The molecular formula is C15H18N2S. The standard InChI is InChI=1S/C15H18N2S/c1-2-10-3-5-11(6-4-10)14-9-18-15(17-14)12-7-13(16)8-12/h3-6,9,12-13H,2,7-8,16H2,1H3. The smallest absolute Gasteiger partial charge is 0.0964 e. The van der Waals surface area contributed by atoms with Gasteiger partial charge in [-0.1, -0.05) is 31.2 Å². The Kier molecular flexibility index (Phi) is 3.18. The first kappa shape index (κ1) is 11.9. The van der Waals surface area contributed by atoms with Crippen LogP contribution in [-0.2, 0) is 6.42 Å². The summed E-state index contributed by atoms with van der Waals surface area (Å²) >= 11 is 1.77. The van der Waals surface area contributed by atoms with Crippen LogP contribution in [0.5, 0.6) is 0 Å². The molecule has 18 heavy (non-hydrogen) atoms. The van der Waals surface area contributed by atoms with Crippen LogP contribution in [0.15, 0.2) is 29.6 Å². The maximum atomic E-state index is 5.83. The average molecular weight is 258 g/mol. The zero-order valence-corrected chi connectivity index (χ0v) is 11.4. The van der Waals surface area contributed by atoms with E-state index in [4.69, 9.17) is 10.7 Å². The Morgan fingerprint density at radius 3 is 2.61 bits per heavy atom. The van der Waals surface area contributed by atoms with Gasteiger partial charge >= 0.3 is 0 Å². The molecule has 0 unspecified atom stereocenters. The number of nitrogens with two attached hydrogens (primary N) is 1. The quantitative estimate of drug-likeness (QED) is 0.914. The number of hydrogen-bond donors (Lipinski definition) is 1. The normalized spacial score (nSPS) is 22.8. The van der Waals surface area contributed by atoms with Crippen molar-refractivity contribution in [3.8, 4) is 11.3 Å². The minimum Gasteiger partial charge on any atom is -0.328 e. The predicted molar refractivity (Wildman–Crippen MR) is 76.9 cm³/mol. The van der Waals surface area contributed by atoms with E-state index >= 15 is 0 Å². The van der Waals surface area contributed by atoms with E-state index < -0.39 is 0 Å². The van der Waals surface area contributed by atoms with Gasteiger partial charge in [0.25, 0.3) is 0 Å². The summed E-state index contributed by atoms with van der Waals surface area (Å²) in [5.74, 6) is 0.605. The zero-order valence-electron chi connectivity index (χ0n) is 10.6. The van der Waals surface area contributed by atoms with Crippen molar-refractivity contribution < 1.29 is 0 Å². The lowest BCUT2D eigenvalue weighted by atomic mass is 9.81. The number of benzene rings is 1. The summed E-state index contributed by atoms with van der Waals surface area (Å²) in [5.41, 5.74) is 9.54. The third-order valence-corrected chi connectivity index (χ3v) is 4.71. The highest BCUT2D eigenvalue weighted by molar-refractivity contribution is 7.10. The van der Waals surface area contributed by atoms with Gasteiger partial charge in [-0.25, -0.2) is 4.98 Å². The number of rotatable bonds is 3. The molecule has 1 aliphatic carbocycles. The van der Waals surface area contributed by atoms with Crippen LogP contribution in [0, 0.1) is 0 Å². The molecule has 2 nitrogen and oxygen atoms in total. The summed E-state index contributed by atoms with van der Waals surface area (Å²) in [6.45, 7) is 2.18. The first-order chi connectivity index (χ1) is 8.76. The molecule has 0 radical (unpaired) electrons. The van der Waals surface area contributed by atoms with Gasteiger partial charge < -0.3 is 5.73 Å². The number of hydrogen-bond acceptors (Lipinski definition) is 3. The molecule has 0 atom stereocenters. The van der Waals surface area contributed by atoms with E-state index in [0.29, 0.717) is 12.0 Å². The maximum Gasteiger partial charge on any atom is 0.0964 e. The molecule has 0 spiro atoms. The van der Waals surface area contributed by atoms with Crippen molar-refractivity contribution in [1.82, 2.24) is 4.98 Å². The van der Waals surface area contributed by atoms with Crippen molar-refractivity contribution in [1.29, 1.82) is 0 Å². The van der Waals surface area contributed by atoms with Gasteiger partial charge in [-0.05, 0) is 24.8 Å². The van der Waals surface area contributed by atoms with Crippen molar-refractivity contribution >= 4 is 11.3 Å². The molecule has 0 amide bonds. The van der Waals surface area contributed by atoms with Crippen LogP contribution in [0.4, 0.5) is 0 Å². The van der Waals surface area contributed by atoms with E-state index in [2.05, 4.69) is 36.6 Å². The van der Waals surface area contributed by atoms with Gasteiger partial charge in [0.15, 0.2) is 0 Å². The number of nitrogens with zero attached hydrogens (tertiary/aromatic N) is 1. The molecule has 2 N–H and O–H groups in total. The van der Waals surface area contributed by atoms with E-state index in [0.717, 1.165) is 25.0 Å². The lowest BCUT2D eigenvalue weighted by Gasteiger charge is -2.30. The molecule has 0 saturated heterocycles. The topological polar surface area (TPSA) is 38.9 Å². The molecule has 1 heterocycles. The van der Waals surface area contributed by atoms with E-state index in [1.165, 1.54) is 16.1 Å². The Morgan fingerprint density at radius 2 is 2.00 bits per heavy atom. The van der Waals surface area contributed by atoms with Crippen LogP contribution in [0.25, 0.3) is 11.3 Å². The molecule has 2 aromatic rings.